The summed E-state index contributed by atoms with van der Waals surface area (Å²) in [4.78, 5) is 7.04. The van der Waals surface area contributed by atoms with Crippen LogP contribution in [0.4, 0.5) is 0 Å². The SMILES string of the molecule is CN=C(NCCCOCC1CCOCC1)N1CCSC2(CCCCC2)C1.I. The van der Waals surface area contributed by atoms with E-state index in [2.05, 4.69) is 27.0 Å². The number of nitrogens with one attached hydrogen (secondary N) is 1. The second-order valence-corrected chi connectivity index (χ2v) is 9.53. The number of ether oxygens (including phenoxy) is 2. The highest BCUT2D eigenvalue weighted by atomic mass is 127. The fourth-order valence-electron chi connectivity index (χ4n) is 4.39. The lowest BCUT2D eigenvalue weighted by Gasteiger charge is -2.45. The van der Waals surface area contributed by atoms with Gasteiger partial charge in [0.05, 0.1) is 0 Å². The molecular weight excluding hydrogens is 473 g/mol. The molecule has 2 saturated heterocycles. The van der Waals surface area contributed by atoms with Crippen LogP contribution in [0, 0.1) is 5.92 Å². The van der Waals surface area contributed by atoms with Gasteiger partial charge in [0, 0.05) is 63.6 Å². The monoisotopic (exact) mass is 511 g/mol. The number of rotatable bonds is 6. The van der Waals surface area contributed by atoms with Gasteiger partial charge < -0.3 is 19.7 Å². The molecule has 0 aromatic carbocycles. The Morgan fingerprint density at radius 1 is 1.26 bits per heavy atom. The maximum atomic E-state index is 5.87. The number of nitrogens with zero attached hydrogens (tertiary/aromatic N) is 2. The highest BCUT2D eigenvalue weighted by molar-refractivity contribution is 14.0. The molecule has 0 bridgehead atoms. The molecule has 1 saturated carbocycles. The van der Waals surface area contributed by atoms with E-state index in [9.17, 15) is 0 Å². The zero-order valence-electron chi connectivity index (χ0n) is 16.9. The van der Waals surface area contributed by atoms with Gasteiger partial charge in [-0.1, -0.05) is 19.3 Å². The number of halogens is 1. The summed E-state index contributed by atoms with van der Waals surface area (Å²) in [5.41, 5.74) is 0. The van der Waals surface area contributed by atoms with Crippen LogP contribution >= 0.6 is 35.7 Å². The summed E-state index contributed by atoms with van der Waals surface area (Å²) in [5, 5.41) is 3.57. The summed E-state index contributed by atoms with van der Waals surface area (Å²) < 4.78 is 11.8. The van der Waals surface area contributed by atoms with E-state index in [4.69, 9.17) is 9.47 Å². The molecule has 0 aromatic rings. The van der Waals surface area contributed by atoms with Gasteiger partial charge in [0.15, 0.2) is 5.96 Å². The highest BCUT2D eigenvalue weighted by Crippen LogP contribution is 2.42. The molecule has 0 aromatic heterocycles. The van der Waals surface area contributed by atoms with Crippen molar-refractivity contribution in [2.24, 2.45) is 10.9 Å². The van der Waals surface area contributed by atoms with Crippen molar-refractivity contribution in [1.29, 1.82) is 0 Å². The average molecular weight is 512 g/mol. The Morgan fingerprint density at radius 2 is 2.04 bits per heavy atom. The number of hydrogen-bond donors (Lipinski definition) is 1. The highest BCUT2D eigenvalue weighted by Gasteiger charge is 2.38. The molecule has 158 valence electrons. The fourth-order valence-corrected chi connectivity index (χ4v) is 5.96. The third-order valence-corrected chi connectivity index (χ3v) is 7.50. The van der Waals surface area contributed by atoms with Crippen molar-refractivity contribution in [2.75, 3.05) is 58.9 Å². The molecule has 3 fully saturated rings. The third kappa shape index (κ3) is 7.55. The summed E-state index contributed by atoms with van der Waals surface area (Å²) >= 11 is 2.21. The van der Waals surface area contributed by atoms with Crippen molar-refractivity contribution in [3.63, 3.8) is 0 Å². The minimum absolute atomic E-state index is 0. The van der Waals surface area contributed by atoms with Gasteiger partial charge in [-0.25, -0.2) is 0 Å². The molecule has 3 rings (SSSR count). The van der Waals surface area contributed by atoms with Crippen molar-refractivity contribution < 1.29 is 9.47 Å². The molecular formula is C20H38IN3O2S. The van der Waals surface area contributed by atoms with Crippen LogP contribution in [0.3, 0.4) is 0 Å². The van der Waals surface area contributed by atoms with Crippen molar-refractivity contribution in [1.82, 2.24) is 10.2 Å². The van der Waals surface area contributed by atoms with Crippen molar-refractivity contribution in [3.05, 3.63) is 0 Å². The van der Waals surface area contributed by atoms with Gasteiger partial charge in [0.25, 0.3) is 0 Å². The van der Waals surface area contributed by atoms with Crippen LogP contribution in [0.2, 0.25) is 0 Å². The first kappa shape index (κ1) is 23.5. The summed E-state index contributed by atoms with van der Waals surface area (Å²) in [6.07, 6.45) is 10.3. The molecule has 0 amide bonds. The molecule has 7 heteroatoms. The first-order valence-corrected chi connectivity index (χ1v) is 11.5. The van der Waals surface area contributed by atoms with Gasteiger partial charge >= 0.3 is 0 Å². The standard InChI is InChI=1S/C20H37N3O2S.HI/c1-21-19(22-10-5-12-25-16-18-6-13-24-14-7-18)23-11-15-26-20(17-23)8-3-2-4-9-20;/h18H,2-17H2,1H3,(H,21,22);1H. The van der Waals surface area contributed by atoms with Crippen molar-refractivity contribution in [3.8, 4) is 0 Å². The minimum atomic E-state index is 0. The maximum absolute atomic E-state index is 5.87. The largest absolute Gasteiger partial charge is 0.381 e. The Labute approximate surface area is 186 Å². The molecule has 2 heterocycles. The Bertz CT molecular complexity index is 435. The summed E-state index contributed by atoms with van der Waals surface area (Å²) in [5.74, 6) is 3.01. The first-order valence-electron chi connectivity index (χ1n) is 10.6. The van der Waals surface area contributed by atoms with Gasteiger partial charge in [-0.2, -0.15) is 11.8 Å². The smallest absolute Gasteiger partial charge is 0.193 e. The first-order chi connectivity index (χ1) is 12.8. The topological polar surface area (TPSA) is 46.1 Å². The Morgan fingerprint density at radius 3 is 2.78 bits per heavy atom. The van der Waals surface area contributed by atoms with E-state index in [1.807, 2.05) is 7.05 Å². The quantitative estimate of drug-likeness (QED) is 0.255. The van der Waals surface area contributed by atoms with E-state index in [-0.39, 0.29) is 24.0 Å². The minimum Gasteiger partial charge on any atom is -0.381 e. The second-order valence-electron chi connectivity index (χ2n) is 7.97. The predicted molar refractivity (Wildman–Crippen MR) is 126 cm³/mol. The van der Waals surface area contributed by atoms with Crippen LogP contribution in [-0.2, 0) is 9.47 Å². The average Bonchev–Trinajstić information content (AvgIpc) is 2.69. The van der Waals surface area contributed by atoms with Gasteiger partial charge in [-0.15, -0.1) is 24.0 Å². The van der Waals surface area contributed by atoms with Crippen LogP contribution in [0.5, 0.6) is 0 Å². The molecule has 5 nitrogen and oxygen atoms in total. The second kappa shape index (κ2) is 12.8. The van der Waals surface area contributed by atoms with Crippen molar-refractivity contribution in [2.45, 2.75) is 56.1 Å². The Hall–Kier alpha value is 0.270. The molecule has 0 atom stereocenters. The van der Waals surface area contributed by atoms with Crippen LogP contribution in [0.25, 0.3) is 0 Å². The van der Waals surface area contributed by atoms with Crippen LogP contribution in [-0.4, -0.2) is 74.5 Å². The Balaban J connectivity index is 0.00000261. The maximum Gasteiger partial charge on any atom is 0.193 e. The van der Waals surface area contributed by atoms with E-state index in [1.54, 1.807) is 0 Å². The van der Waals surface area contributed by atoms with Crippen LogP contribution in [0.1, 0.15) is 51.4 Å². The fraction of sp³-hybridized carbons (Fsp3) is 0.950. The molecule has 1 spiro atoms. The number of guanidine groups is 1. The molecule has 27 heavy (non-hydrogen) atoms. The molecule has 3 aliphatic rings. The zero-order chi connectivity index (χ0) is 18.1. The van der Waals surface area contributed by atoms with E-state index >= 15 is 0 Å². The normalized spacial score (nSPS) is 23.9. The molecule has 1 N–H and O–H groups in total. The Kier molecular flexibility index (Phi) is 11.1. The summed E-state index contributed by atoms with van der Waals surface area (Å²) in [6.45, 7) is 6.76. The number of hydrogen-bond acceptors (Lipinski definition) is 4. The lowest BCUT2D eigenvalue weighted by Crippen LogP contribution is -2.53. The summed E-state index contributed by atoms with van der Waals surface area (Å²) in [7, 11) is 1.92. The lowest BCUT2D eigenvalue weighted by atomic mass is 9.87. The molecule has 0 unspecified atom stereocenters. The molecule has 0 radical (unpaired) electrons. The van der Waals surface area contributed by atoms with E-state index in [1.165, 1.54) is 37.9 Å². The van der Waals surface area contributed by atoms with Gasteiger partial charge in [-0.05, 0) is 38.0 Å². The third-order valence-electron chi connectivity index (χ3n) is 5.97. The van der Waals surface area contributed by atoms with Gasteiger partial charge in [0.1, 0.15) is 0 Å². The molecule has 2 aliphatic heterocycles. The number of aliphatic imine (C=N–C) groups is 1. The van der Waals surface area contributed by atoms with Crippen LogP contribution in [0.15, 0.2) is 4.99 Å². The summed E-state index contributed by atoms with van der Waals surface area (Å²) in [6, 6.07) is 0. The van der Waals surface area contributed by atoms with Gasteiger partial charge in [0.2, 0.25) is 0 Å². The van der Waals surface area contributed by atoms with E-state index in [0.717, 1.165) is 71.3 Å². The van der Waals surface area contributed by atoms with E-state index in [0.29, 0.717) is 10.7 Å². The lowest BCUT2D eigenvalue weighted by molar-refractivity contribution is 0.0203. The van der Waals surface area contributed by atoms with E-state index < -0.39 is 0 Å². The predicted octanol–water partition coefficient (Wildman–Crippen LogP) is 3.76. The molecule has 1 aliphatic carbocycles. The number of thioether (sulfide) groups is 1. The van der Waals surface area contributed by atoms with Crippen molar-refractivity contribution >= 4 is 41.7 Å². The van der Waals surface area contributed by atoms with Gasteiger partial charge in [-0.3, -0.25) is 4.99 Å². The zero-order valence-corrected chi connectivity index (χ0v) is 20.1. The van der Waals surface area contributed by atoms with Crippen LogP contribution < -0.4 is 5.32 Å².